The van der Waals surface area contributed by atoms with E-state index in [1.165, 1.54) is 11.3 Å². The molecule has 100 valence electrons. The van der Waals surface area contributed by atoms with Gasteiger partial charge in [-0.1, -0.05) is 22.9 Å². The molecular weight excluding hydrogens is 284 g/mol. The fourth-order valence-corrected chi connectivity index (χ4v) is 2.35. The predicted octanol–water partition coefficient (Wildman–Crippen LogP) is 3.64. The molecule has 1 aromatic heterocycles. The van der Waals surface area contributed by atoms with Gasteiger partial charge in [-0.15, -0.1) is 10.2 Å². The van der Waals surface area contributed by atoms with E-state index in [9.17, 15) is 4.79 Å². The molecule has 0 aliphatic heterocycles. The van der Waals surface area contributed by atoms with Crippen LogP contribution in [0.2, 0.25) is 5.02 Å². The summed E-state index contributed by atoms with van der Waals surface area (Å²) in [4.78, 5) is 13.8. The number of carbonyl (C=O) groups is 1. The van der Waals surface area contributed by atoms with Crippen LogP contribution >= 0.6 is 22.9 Å². The molecule has 2 aromatic rings. The molecule has 2 rings (SSSR count). The number of amides is 2. The Kier molecular flexibility index (Phi) is 4.34. The topological polar surface area (TPSA) is 58.1 Å². The molecule has 0 bridgehead atoms. The van der Waals surface area contributed by atoms with Crippen LogP contribution in [0, 0.1) is 0 Å². The van der Waals surface area contributed by atoms with E-state index in [0.29, 0.717) is 15.8 Å². The van der Waals surface area contributed by atoms with Gasteiger partial charge >= 0.3 is 6.03 Å². The van der Waals surface area contributed by atoms with Crippen molar-refractivity contribution in [1.29, 1.82) is 0 Å². The van der Waals surface area contributed by atoms with Crippen molar-refractivity contribution in [2.75, 3.05) is 10.2 Å². The van der Waals surface area contributed by atoms with Crippen molar-refractivity contribution in [3.8, 4) is 0 Å². The van der Waals surface area contributed by atoms with Crippen molar-refractivity contribution in [3.05, 3.63) is 34.8 Å². The average Bonchev–Trinajstić information content (AvgIpc) is 2.85. The molecule has 7 heteroatoms. The van der Waals surface area contributed by atoms with Crippen molar-refractivity contribution < 1.29 is 4.79 Å². The fourth-order valence-electron chi connectivity index (χ4n) is 1.53. The number of benzene rings is 1. The minimum Gasteiger partial charge on any atom is -0.307 e. The molecule has 1 aromatic carbocycles. The quantitative estimate of drug-likeness (QED) is 0.941. The number of urea groups is 1. The summed E-state index contributed by atoms with van der Waals surface area (Å²) in [6.45, 7) is 3.84. The second-order valence-electron chi connectivity index (χ2n) is 4.12. The van der Waals surface area contributed by atoms with E-state index in [1.807, 2.05) is 13.8 Å². The summed E-state index contributed by atoms with van der Waals surface area (Å²) < 4.78 is 0. The lowest BCUT2D eigenvalue weighted by molar-refractivity contribution is 0.255. The van der Waals surface area contributed by atoms with Gasteiger partial charge in [0.05, 0.1) is 0 Å². The highest BCUT2D eigenvalue weighted by molar-refractivity contribution is 7.13. The highest BCUT2D eigenvalue weighted by atomic mass is 35.5. The van der Waals surface area contributed by atoms with Gasteiger partial charge in [0.2, 0.25) is 5.13 Å². The Morgan fingerprint density at radius 2 is 2.05 bits per heavy atom. The van der Waals surface area contributed by atoms with Crippen LogP contribution < -0.4 is 10.2 Å². The SMILES string of the molecule is CC(C)N(C(=O)Nc1ccc(Cl)cc1)c1nncs1. The van der Waals surface area contributed by atoms with Crippen molar-refractivity contribution in [2.45, 2.75) is 19.9 Å². The summed E-state index contributed by atoms with van der Waals surface area (Å²) >= 11 is 7.13. The number of nitrogens with zero attached hydrogens (tertiary/aromatic N) is 3. The number of anilines is 2. The van der Waals surface area contributed by atoms with Crippen LogP contribution in [0.25, 0.3) is 0 Å². The largest absolute Gasteiger partial charge is 0.328 e. The van der Waals surface area contributed by atoms with Crippen LogP contribution in [0.15, 0.2) is 29.8 Å². The number of nitrogens with one attached hydrogen (secondary N) is 1. The van der Waals surface area contributed by atoms with Gasteiger partial charge in [-0.2, -0.15) is 0 Å². The molecule has 0 saturated carbocycles. The Balaban J connectivity index is 2.15. The molecule has 0 spiro atoms. The van der Waals surface area contributed by atoms with Gasteiger partial charge in [-0.3, -0.25) is 4.90 Å². The first kappa shape index (κ1) is 13.8. The van der Waals surface area contributed by atoms with E-state index in [1.54, 1.807) is 34.7 Å². The van der Waals surface area contributed by atoms with Crippen molar-refractivity contribution in [2.24, 2.45) is 0 Å². The first-order valence-electron chi connectivity index (χ1n) is 5.70. The van der Waals surface area contributed by atoms with Gasteiger partial charge < -0.3 is 5.32 Å². The van der Waals surface area contributed by atoms with Crippen LogP contribution in [0.5, 0.6) is 0 Å². The number of rotatable bonds is 3. The van der Waals surface area contributed by atoms with Crippen LogP contribution in [0.3, 0.4) is 0 Å². The molecule has 0 aliphatic rings. The normalized spacial score (nSPS) is 10.5. The Morgan fingerprint density at radius 1 is 1.37 bits per heavy atom. The second kappa shape index (κ2) is 5.99. The highest BCUT2D eigenvalue weighted by Gasteiger charge is 2.21. The molecule has 0 atom stereocenters. The molecule has 0 saturated heterocycles. The van der Waals surface area contributed by atoms with Gasteiger partial charge in [0.15, 0.2) is 0 Å². The smallest absolute Gasteiger partial charge is 0.307 e. The fraction of sp³-hybridized carbons (Fsp3) is 0.250. The van der Waals surface area contributed by atoms with Gasteiger partial charge in [0, 0.05) is 16.8 Å². The Bertz CT molecular complexity index is 541. The average molecular weight is 297 g/mol. The Labute approximate surface area is 120 Å². The first-order chi connectivity index (χ1) is 9.08. The van der Waals surface area contributed by atoms with Crippen molar-refractivity contribution in [1.82, 2.24) is 10.2 Å². The molecule has 5 nitrogen and oxygen atoms in total. The summed E-state index contributed by atoms with van der Waals surface area (Å²) in [6.07, 6.45) is 0. The van der Waals surface area contributed by atoms with Gasteiger partial charge in [-0.25, -0.2) is 4.79 Å². The summed E-state index contributed by atoms with van der Waals surface area (Å²) in [5.74, 6) is 0. The van der Waals surface area contributed by atoms with E-state index in [-0.39, 0.29) is 12.1 Å². The summed E-state index contributed by atoms with van der Waals surface area (Å²) in [5.41, 5.74) is 2.28. The van der Waals surface area contributed by atoms with E-state index >= 15 is 0 Å². The molecule has 19 heavy (non-hydrogen) atoms. The molecule has 0 radical (unpaired) electrons. The minimum absolute atomic E-state index is 0.0137. The molecule has 1 heterocycles. The monoisotopic (exact) mass is 296 g/mol. The number of carbonyl (C=O) groups excluding carboxylic acids is 1. The third-order valence-corrected chi connectivity index (χ3v) is 3.33. The summed E-state index contributed by atoms with van der Waals surface area (Å²) in [6, 6.07) is 6.69. The lowest BCUT2D eigenvalue weighted by Crippen LogP contribution is -2.40. The third-order valence-electron chi connectivity index (χ3n) is 2.39. The zero-order valence-electron chi connectivity index (χ0n) is 10.5. The van der Waals surface area contributed by atoms with E-state index < -0.39 is 0 Å². The van der Waals surface area contributed by atoms with Crippen LogP contribution in [0.4, 0.5) is 15.6 Å². The number of halogens is 1. The Morgan fingerprint density at radius 3 is 2.58 bits per heavy atom. The minimum atomic E-state index is -0.242. The lowest BCUT2D eigenvalue weighted by Gasteiger charge is -2.23. The third kappa shape index (κ3) is 3.42. The van der Waals surface area contributed by atoms with Crippen LogP contribution in [-0.4, -0.2) is 22.3 Å². The standard InChI is InChI=1S/C12H13ClN4OS/c1-8(2)17(12-16-14-7-19-12)11(18)15-10-5-3-9(13)4-6-10/h3-8H,1-2H3,(H,15,18). The van der Waals surface area contributed by atoms with Gasteiger partial charge in [0.1, 0.15) is 5.51 Å². The van der Waals surface area contributed by atoms with E-state index in [4.69, 9.17) is 11.6 Å². The summed E-state index contributed by atoms with van der Waals surface area (Å²) in [5, 5.41) is 11.7. The summed E-state index contributed by atoms with van der Waals surface area (Å²) in [7, 11) is 0. The molecule has 1 N–H and O–H groups in total. The molecule has 2 amide bonds. The molecule has 0 aliphatic carbocycles. The number of aromatic nitrogens is 2. The second-order valence-corrected chi connectivity index (χ2v) is 5.37. The van der Waals surface area contributed by atoms with E-state index in [2.05, 4.69) is 15.5 Å². The van der Waals surface area contributed by atoms with Gasteiger partial charge in [0.25, 0.3) is 0 Å². The zero-order valence-corrected chi connectivity index (χ0v) is 12.1. The molecule has 0 fully saturated rings. The van der Waals surface area contributed by atoms with Crippen LogP contribution in [0.1, 0.15) is 13.8 Å². The lowest BCUT2D eigenvalue weighted by atomic mass is 10.3. The highest BCUT2D eigenvalue weighted by Crippen LogP contribution is 2.20. The van der Waals surface area contributed by atoms with Gasteiger partial charge in [-0.05, 0) is 38.1 Å². The predicted molar refractivity (Wildman–Crippen MR) is 78.0 cm³/mol. The van der Waals surface area contributed by atoms with Crippen LogP contribution in [-0.2, 0) is 0 Å². The molecule has 0 unspecified atom stereocenters. The van der Waals surface area contributed by atoms with Crippen molar-refractivity contribution >= 4 is 39.8 Å². The first-order valence-corrected chi connectivity index (χ1v) is 6.95. The molecular formula is C12H13ClN4OS. The number of hydrogen-bond donors (Lipinski definition) is 1. The van der Waals surface area contributed by atoms with Crippen molar-refractivity contribution in [3.63, 3.8) is 0 Å². The zero-order chi connectivity index (χ0) is 13.8. The number of hydrogen-bond acceptors (Lipinski definition) is 4. The maximum Gasteiger partial charge on any atom is 0.328 e. The Hall–Kier alpha value is -1.66. The maximum atomic E-state index is 12.3. The van der Waals surface area contributed by atoms with E-state index in [0.717, 1.165) is 0 Å². The maximum absolute atomic E-state index is 12.3.